The summed E-state index contributed by atoms with van der Waals surface area (Å²) in [6.07, 6.45) is 0. The first-order valence-corrected chi connectivity index (χ1v) is 10.1. The fraction of sp³-hybridized carbons (Fsp3) is 0.0833. The predicted molar refractivity (Wildman–Crippen MR) is 122 cm³/mol. The van der Waals surface area contributed by atoms with E-state index in [-0.39, 0.29) is 17.0 Å². The smallest absolute Gasteiger partial charge is 0.333 e. The lowest BCUT2D eigenvalue weighted by Gasteiger charge is -2.07. The van der Waals surface area contributed by atoms with Crippen LogP contribution in [0.1, 0.15) is 0 Å². The van der Waals surface area contributed by atoms with Crippen LogP contribution >= 0.6 is 0 Å². The van der Waals surface area contributed by atoms with Gasteiger partial charge >= 0.3 is 5.69 Å². The number of rotatable bonds is 5. The molecule has 34 heavy (non-hydrogen) atoms. The number of nitrogens with one attached hydrogen (secondary N) is 1. The molecule has 0 aliphatic rings. The van der Waals surface area contributed by atoms with Gasteiger partial charge in [-0.15, -0.1) is 0 Å². The highest BCUT2D eigenvalue weighted by Crippen LogP contribution is 2.32. The van der Waals surface area contributed by atoms with Gasteiger partial charge in [-0.25, -0.2) is 13.8 Å². The van der Waals surface area contributed by atoms with Crippen molar-refractivity contribution in [2.24, 2.45) is 0 Å². The number of H-pyrrole nitrogens is 1. The first-order chi connectivity index (χ1) is 16.5. The van der Waals surface area contributed by atoms with Gasteiger partial charge < -0.3 is 19.0 Å². The van der Waals surface area contributed by atoms with E-state index in [2.05, 4.69) is 15.1 Å². The quantitative estimate of drug-likeness (QED) is 0.427. The maximum atomic E-state index is 13.2. The van der Waals surface area contributed by atoms with Gasteiger partial charge in [0.15, 0.2) is 11.5 Å². The van der Waals surface area contributed by atoms with E-state index in [4.69, 9.17) is 14.0 Å². The van der Waals surface area contributed by atoms with Crippen molar-refractivity contribution >= 4 is 10.9 Å². The summed E-state index contributed by atoms with van der Waals surface area (Å²) in [5.74, 6) is 1.16. The fourth-order valence-electron chi connectivity index (χ4n) is 3.61. The third kappa shape index (κ3) is 3.60. The van der Waals surface area contributed by atoms with E-state index in [0.29, 0.717) is 34.0 Å². The summed E-state index contributed by atoms with van der Waals surface area (Å²) in [5, 5.41) is 4.29. The summed E-state index contributed by atoms with van der Waals surface area (Å²) in [4.78, 5) is 32.7. The van der Waals surface area contributed by atoms with Crippen LogP contribution < -0.4 is 20.7 Å². The Morgan fingerprint density at radius 1 is 0.912 bits per heavy atom. The molecule has 0 bridgehead atoms. The number of benzene rings is 3. The molecule has 0 atom stereocenters. The number of aromatic nitrogens is 4. The molecule has 5 rings (SSSR count). The Hall–Kier alpha value is -4.73. The molecule has 0 fully saturated rings. The Morgan fingerprint density at radius 2 is 1.65 bits per heavy atom. The average Bonchev–Trinajstić information content (AvgIpc) is 3.35. The van der Waals surface area contributed by atoms with Crippen LogP contribution in [-0.2, 0) is 0 Å². The van der Waals surface area contributed by atoms with Crippen LogP contribution in [0.2, 0.25) is 0 Å². The van der Waals surface area contributed by atoms with Crippen molar-refractivity contribution in [2.75, 3.05) is 14.2 Å². The fourth-order valence-corrected chi connectivity index (χ4v) is 3.61. The minimum Gasteiger partial charge on any atom is -0.493 e. The number of fused-ring (bicyclic) bond motifs is 1. The number of ether oxygens (including phenoxy) is 2. The minimum atomic E-state index is -0.655. The lowest BCUT2D eigenvalue weighted by molar-refractivity contribution is 0.355. The van der Waals surface area contributed by atoms with Crippen molar-refractivity contribution in [3.63, 3.8) is 0 Å². The molecule has 0 saturated carbocycles. The molecule has 2 aromatic heterocycles. The first-order valence-electron chi connectivity index (χ1n) is 10.1. The van der Waals surface area contributed by atoms with Crippen molar-refractivity contribution in [3.05, 3.63) is 87.3 Å². The topological polar surface area (TPSA) is 112 Å². The Balaban J connectivity index is 1.54. The van der Waals surface area contributed by atoms with Gasteiger partial charge in [0.25, 0.3) is 11.4 Å². The van der Waals surface area contributed by atoms with E-state index in [1.807, 2.05) is 0 Å². The molecule has 0 spiro atoms. The highest BCUT2D eigenvalue weighted by Gasteiger charge is 2.16. The Morgan fingerprint density at radius 3 is 2.38 bits per heavy atom. The minimum absolute atomic E-state index is 0.204. The molecule has 0 radical (unpaired) electrons. The molecule has 3 aromatic carbocycles. The predicted octanol–water partition coefficient (Wildman–Crippen LogP) is 3.55. The summed E-state index contributed by atoms with van der Waals surface area (Å²) >= 11 is 0. The molecule has 10 heteroatoms. The van der Waals surface area contributed by atoms with Crippen LogP contribution in [0.4, 0.5) is 4.39 Å². The van der Waals surface area contributed by atoms with Crippen LogP contribution in [0.15, 0.2) is 74.8 Å². The Bertz CT molecular complexity index is 1640. The standard InChI is InChI=1S/C24H17FN4O5/c1-32-19-10-4-13(12-20(19)33-2)21-27-22(34-28-21)14-3-9-17-18(11-14)26-24(31)29(23(17)30)16-7-5-15(25)6-8-16/h3-12H,1-2H3,(H,26,31). The van der Waals surface area contributed by atoms with Gasteiger partial charge in [0.1, 0.15) is 5.82 Å². The summed E-state index contributed by atoms with van der Waals surface area (Å²) in [6.45, 7) is 0. The number of methoxy groups -OCH3 is 2. The van der Waals surface area contributed by atoms with Crippen molar-refractivity contribution in [3.8, 4) is 40.0 Å². The van der Waals surface area contributed by atoms with Gasteiger partial charge in [0.2, 0.25) is 5.82 Å². The largest absolute Gasteiger partial charge is 0.493 e. The van der Waals surface area contributed by atoms with Gasteiger partial charge in [-0.05, 0) is 60.7 Å². The zero-order chi connectivity index (χ0) is 23.8. The molecule has 0 aliphatic carbocycles. The molecule has 5 aromatic rings. The molecule has 170 valence electrons. The van der Waals surface area contributed by atoms with E-state index in [1.54, 1.807) is 43.5 Å². The number of hydrogen-bond donors (Lipinski definition) is 1. The second kappa shape index (κ2) is 8.32. The molecule has 1 N–H and O–H groups in total. The van der Waals surface area contributed by atoms with Gasteiger partial charge in [-0.3, -0.25) is 4.79 Å². The molecule has 9 nitrogen and oxygen atoms in total. The van der Waals surface area contributed by atoms with Gasteiger partial charge in [0.05, 0.1) is 30.8 Å². The zero-order valence-corrected chi connectivity index (χ0v) is 18.0. The van der Waals surface area contributed by atoms with Crippen molar-refractivity contribution < 1.29 is 18.4 Å². The SMILES string of the molecule is COc1ccc(-c2noc(-c3ccc4c(=O)n(-c5ccc(F)cc5)c(=O)[nH]c4c3)n2)cc1OC. The summed E-state index contributed by atoms with van der Waals surface area (Å²) < 4.78 is 30.1. The van der Waals surface area contributed by atoms with Crippen LogP contribution in [0.25, 0.3) is 39.4 Å². The summed E-state index contributed by atoms with van der Waals surface area (Å²) in [6, 6.07) is 15.1. The molecule has 0 aliphatic heterocycles. The maximum absolute atomic E-state index is 13.2. The molecule has 0 saturated heterocycles. The van der Waals surface area contributed by atoms with E-state index >= 15 is 0 Å². The number of halogens is 1. The lowest BCUT2D eigenvalue weighted by Crippen LogP contribution is -2.33. The summed E-state index contributed by atoms with van der Waals surface area (Å²) in [5.41, 5.74) is 0.545. The molecular formula is C24H17FN4O5. The van der Waals surface area contributed by atoms with Crippen molar-refractivity contribution in [2.45, 2.75) is 0 Å². The zero-order valence-electron chi connectivity index (χ0n) is 18.0. The normalized spacial score (nSPS) is 11.0. The maximum Gasteiger partial charge on any atom is 0.333 e. The highest BCUT2D eigenvalue weighted by molar-refractivity contribution is 5.82. The van der Waals surface area contributed by atoms with Gasteiger partial charge in [-0.1, -0.05) is 5.16 Å². The Kier molecular flexibility index (Phi) is 5.17. The molecule has 0 amide bonds. The summed E-state index contributed by atoms with van der Waals surface area (Å²) in [7, 11) is 3.08. The van der Waals surface area contributed by atoms with Crippen LogP contribution in [0.3, 0.4) is 0 Å². The third-order valence-corrected chi connectivity index (χ3v) is 5.30. The molecular weight excluding hydrogens is 443 g/mol. The van der Waals surface area contributed by atoms with Crippen LogP contribution in [0, 0.1) is 5.82 Å². The van der Waals surface area contributed by atoms with E-state index in [9.17, 15) is 14.0 Å². The lowest BCUT2D eigenvalue weighted by atomic mass is 10.1. The highest BCUT2D eigenvalue weighted by atomic mass is 19.1. The van der Waals surface area contributed by atoms with E-state index in [0.717, 1.165) is 4.57 Å². The van der Waals surface area contributed by atoms with Crippen LogP contribution in [0.5, 0.6) is 11.5 Å². The molecule has 2 heterocycles. The average molecular weight is 460 g/mol. The van der Waals surface area contributed by atoms with Crippen LogP contribution in [-0.4, -0.2) is 33.9 Å². The first kappa shape index (κ1) is 21.1. The Labute approximate surface area is 191 Å². The number of aromatic amines is 1. The third-order valence-electron chi connectivity index (χ3n) is 5.30. The number of nitrogens with zero attached hydrogens (tertiary/aromatic N) is 3. The van der Waals surface area contributed by atoms with E-state index < -0.39 is 17.1 Å². The van der Waals surface area contributed by atoms with Crippen molar-refractivity contribution in [1.29, 1.82) is 0 Å². The second-order valence-corrected chi connectivity index (χ2v) is 7.30. The second-order valence-electron chi connectivity index (χ2n) is 7.30. The van der Waals surface area contributed by atoms with Crippen molar-refractivity contribution in [1.82, 2.24) is 19.7 Å². The van der Waals surface area contributed by atoms with E-state index in [1.165, 1.54) is 31.4 Å². The van der Waals surface area contributed by atoms with Gasteiger partial charge in [-0.2, -0.15) is 4.98 Å². The van der Waals surface area contributed by atoms with Gasteiger partial charge in [0, 0.05) is 11.1 Å². The number of hydrogen-bond acceptors (Lipinski definition) is 7. The monoisotopic (exact) mass is 460 g/mol. The molecule has 0 unspecified atom stereocenters.